The van der Waals surface area contributed by atoms with E-state index in [4.69, 9.17) is 4.42 Å². The first kappa shape index (κ1) is 26.6. The van der Waals surface area contributed by atoms with Gasteiger partial charge >= 0.3 is 10.2 Å². The molecule has 0 aromatic carbocycles. The number of nitrogens with zero attached hydrogens (tertiary/aromatic N) is 3. The third kappa shape index (κ3) is 5.44. The van der Waals surface area contributed by atoms with Crippen molar-refractivity contribution < 1.29 is 26.4 Å². The van der Waals surface area contributed by atoms with E-state index in [2.05, 4.69) is 19.4 Å². The summed E-state index contributed by atoms with van der Waals surface area (Å²) in [4.78, 5) is 8.94. The summed E-state index contributed by atoms with van der Waals surface area (Å²) < 4.78 is 61.7. The Morgan fingerprint density at radius 2 is 1.85 bits per heavy atom. The van der Waals surface area contributed by atoms with Crippen LogP contribution in [0.1, 0.15) is 52.2 Å². The average molecular weight is 534 g/mol. The molecular formula is C20H31N5O6S3. The predicted octanol–water partition coefficient (Wildman–Crippen LogP) is 2.42. The van der Waals surface area contributed by atoms with Gasteiger partial charge in [-0.1, -0.05) is 34.6 Å². The van der Waals surface area contributed by atoms with Crippen molar-refractivity contribution in [3.63, 3.8) is 0 Å². The minimum Gasteiger partial charge on any atom is -0.508 e. The summed E-state index contributed by atoms with van der Waals surface area (Å²) in [6, 6.07) is 2.10. The number of furan rings is 1. The largest absolute Gasteiger partial charge is 0.508 e. The van der Waals surface area contributed by atoms with Crippen molar-refractivity contribution in [1.82, 2.24) is 13.7 Å². The number of aliphatic imine (C=N–C) groups is 2. The molecule has 0 aliphatic carbocycles. The van der Waals surface area contributed by atoms with Crippen LogP contribution in [0.3, 0.4) is 0 Å². The van der Waals surface area contributed by atoms with Crippen molar-refractivity contribution in [2.24, 2.45) is 15.4 Å². The molecule has 1 saturated heterocycles. The lowest BCUT2D eigenvalue weighted by molar-refractivity contribution is 0.284. The second-order valence-electron chi connectivity index (χ2n) is 8.97. The summed E-state index contributed by atoms with van der Waals surface area (Å²) in [6.07, 6.45) is 0. The van der Waals surface area contributed by atoms with Gasteiger partial charge in [0.15, 0.2) is 15.9 Å². The molecule has 3 N–H and O–H groups in total. The summed E-state index contributed by atoms with van der Waals surface area (Å²) in [6.45, 7) is 11.6. The molecular weight excluding hydrogens is 502 g/mol. The van der Waals surface area contributed by atoms with Crippen LogP contribution in [0.5, 0.6) is 0 Å². The Bertz CT molecular complexity index is 1240. The van der Waals surface area contributed by atoms with Gasteiger partial charge in [0.25, 0.3) is 10.0 Å². The van der Waals surface area contributed by atoms with Gasteiger partial charge in [0.05, 0.1) is 0 Å². The Labute approximate surface area is 205 Å². The summed E-state index contributed by atoms with van der Waals surface area (Å²) in [5, 5.41) is 10.7. The third-order valence-corrected chi connectivity index (χ3v) is 9.99. The first-order valence-corrected chi connectivity index (χ1v) is 14.7. The molecule has 0 saturated carbocycles. The number of thioether (sulfide) groups is 1. The molecule has 34 heavy (non-hydrogen) atoms. The normalized spacial score (nSPS) is 24.1. The van der Waals surface area contributed by atoms with Gasteiger partial charge < -0.3 is 9.52 Å². The quantitative estimate of drug-likeness (QED) is 0.486. The van der Waals surface area contributed by atoms with Gasteiger partial charge in [-0.25, -0.2) is 17.9 Å². The summed E-state index contributed by atoms with van der Waals surface area (Å²) in [7, 11) is -7.82. The Hall–Kier alpha value is -2.03. The Balaban J connectivity index is 2.02. The fourth-order valence-corrected chi connectivity index (χ4v) is 7.67. The van der Waals surface area contributed by atoms with E-state index in [0.29, 0.717) is 11.5 Å². The van der Waals surface area contributed by atoms with E-state index in [1.165, 1.54) is 4.31 Å². The van der Waals surface area contributed by atoms with Gasteiger partial charge in [0.1, 0.15) is 29.4 Å². The van der Waals surface area contributed by atoms with Crippen LogP contribution >= 0.6 is 11.8 Å². The van der Waals surface area contributed by atoms with Crippen LogP contribution in [-0.2, 0) is 20.2 Å². The maximum Gasteiger partial charge on any atom is 0.324 e. The van der Waals surface area contributed by atoms with E-state index in [0.717, 1.165) is 11.8 Å². The molecule has 1 unspecified atom stereocenters. The van der Waals surface area contributed by atoms with Crippen LogP contribution in [-0.4, -0.2) is 62.8 Å². The smallest absolute Gasteiger partial charge is 0.324 e. The molecule has 2 aliphatic rings. The highest BCUT2D eigenvalue weighted by molar-refractivity contribution is 8.18. The van der Waals surface area contributed by atoms with Gasteiger partial charge in [-0.2, -0.15) is 12.7 Å². The summed E-state index contributed by atoms with van der Waals surface area (Å²) in [5.74, 6) is 0.852. The van der Waals surface area contributed by atoms with Crippen molar-refractivity contribution in [2.45, 2.75) is 53.6 Å². The van der Waals surface area contributed by atoms with E-state index in [9.17, 15) is 21.9 Å². The van der Waals surface area contributed by atoms with Gasteiger partial charge in [-0.05, 0) is 24.5 Å². The number of hydrogen-bond acceptors (Lipinski definition) is 9. The van der Waals surface area contributed by atoms with Gasteiger partial charge in [-0.3, -0.25) is 9.98 Å². The highest BCUT2D eigenvalue weighted by Crippen LogP contribution is 2.39. The van der Waals surface area contributed by atoms with Crippen LogP contribution < -0.4 is 9.44 Å². The van der Waals surface area contributed by atoms with E-state index in [1.807, 2.05) is 20.8 Å². The molecule has 2 atom stereocenters. The number of amidine groups is 2. The first-order valence-electron chi connectivity index (χ1n) is 10.8. The second-order valence-corrected chi connectivity index (χ2v) is 13.5. The van der Waals surface area contributed by atoms with Crippen molar-refractivity contribution in [2.75, 3.05) is 18.8 Å². The highest BCUT2D eigenvalue weighted by atomic mass is 32.3. The first-order chi connectivity index (χ1) is 15.7. The topological polar surface area (TPSA) is 154 Å². The highest BCUT2D eigenvalue weighted by Gasteiger charge is 2.39. The Morgan fingerprint density at radius 3 is 2.38 bits per heavy atom. The zero-order valence-corrected chi connectivity index (χ0v) is 22.4. The standard InChI is InChI=1S/C20H31N5O6S3/c1-7-25(8-2)33(27,28)19-15(26)13(11-32-19)21-17-18(24-34(29,30)23-17)22-16(20(4,5)6)14-10-9-12(3)31-14/h9-10,13,16,26H,7-8,11H2,1-6H3,(H,21,23)(H,22,24)/t13?,16-/m0/s1. The summed E-state index contributed by atoms with van der Waals surface area (Å²) >= 11 is 0.967. The number of hydrogen-bond donors (Lipinski definition) is 3. The molecule has 0 radical (unpaired) electrons. The van der Waals surface area contributed by atoms with Crippen molar-refractivity contribution in [1.29, 1.82) is 0 Å². The number of aryl methyl sites for hydroxylation is 1. The lowest BCUT2D eigenvalue weighted by Gasteiger charge is -2.26. The monoisotopic (exact) mass is 533 g/mol. The average Bonchev–Trinajstić information content (AvgIpc) is 3.37. The van der Waals surface area contributed by atoms with Crippen molar-refractivity contribution in [3.8, 4) is 0 Å². The molecule has 3 heterocycles. The molecule has 2 aliphatic heterocycles. The molecule has 0 spiro atoms. The zero-order valence-electron chi connectivity index (χ0n) is 20.0. The molecule has 14 heteroatoms. The summed E-state index contributed by atoms with van der Waals surface area (Å²) in [5.41, 5.74) is -0.424. The second kappa shape index (κ2) is 9.55. The molecule has 190 valence electrons. The van der Waals surface area contributed by atoms with Gasteiger partial charge in [-0.15, -0.1) is 11.8 Å². The molecule has 1 fully saturated rings. The number of nitrogens with one attached hydrogen (secondary N) is 2. The van der Waals surface area contributed by atoms with E-state index >= 15 is 0 Å². The fourth-order valence-electron chi connectivity index (χ4n) is 3.55. The lowest BCUT2D eigenvalue weighted by atomic mass is 9.85. The van der Waals surface area contributed by atoms with Crippen LogP contribution in [0.4, 0.5) is 0 Å². The minimum absolute atomic E-state index is 0.0353. The van der Waals surface area contributed by atoms with Crippen molar-refractivity contribution in [3.05, 3.63) is 33.6 Å². The maximum absolute atomic E-state index is 12.9. The molecule has 11 nitrogen and oxygen atoms in total. The molecule has 3 rings (SSSR count). The number of aliphatic hydroxyl groups is 1. The minimum atomic E-state index is -3.96. The number of sulfonamides is 1. The fraction of sp³-hybridized carbons (Fsp3) is 0.600. The van der Waals surface area contributed by atoms with E-state index < -0.39 is 43.5 Å². The predicted molar refractivity (Wildman–Crippen MR) is 133 cm³/mol. The molecule has 1 aromatic rings. The van der Waals surface area contributed by atoms with Crippen LogP contribution in [0.2, 0.25) is 0 Å². The SMILES string of the molecule is CCN(CC)S(=O)(=O)C1=C(O)C(N=C2NS(=O)(=O)NC2=N[C@@H](c2ccc(C)o2)C(C)(C)C)CS1. The van der Waals surface area contributed by atoms with Crippen LogP contribution in [0.25, 0.3) is 0 Å². The Morgan fingerprint density at radius 1 is 1.24 bits per heavy atom. The molecule has 1 aromatic heterocycles. The third-order valence-electron chi connectivity index (χ3n) is 5.26. The lowest BCUT2D eigenvalue weighted by Crippen LogP contribution is -2.31. The van der Waals surface area contributed by atoms with E-state index in [-0.39, 0.29) is 34.8 Å². The molecule has 0 bridgehead atoms. The number of aliphatic hydroxyl groups excluding tert-OH is 1. The molecule has 0 amide bonds. The Kier molecular flexibility index (Phi) is 7.46. The number of rotatable bonds is 7. The van der Waals surface area contributed by atoms with E-state index in [1.54, 1.807) is 32.9 Å². The zero-order chi connectivity index (χ0) is 25.5. The van der Waals surface area contributed by atoms with Crippen LogP contribution in [0.15, 0.2) is 36.5 Å². The van der Waals surface area contributed by atoms with Gasteiger partial charge in [0.2, 0.25) is 0 Å². The van der Waals surface area contributed by atoms with Gasteiger partial charge in [0, 0.05) is 18.8 Å². The van der Waals surface area contributed by atoms with Crippen molar-refractivity contribution >= 4 is 43.7 Å². The van der Waals surface area contributed by atoms with Crippen LogP contribution in [0, 0.1) is 12.3 Å². The maximum atomic E-state index is 12.9.